The molecule has 0 saturated heterocycles. The Labute approximate surface area is 125 Å². The zero-order chi connectivity index (χ0) is 15.3. The topological polar surface area (TPSA) is 52.6 Å². The second-order valence-corrected chi connectivity index (χ2v) is 5.85. The lowest BCUT2D eigenvalue weighted by atomic mass is 10.1. The predicted molar refractivity (Wildman–Crippen MR) is 83.2 cm³/mol. The first-order valence-electron chi connectivity index (χ1n) is 6.76. The monoisotopic (exact) mass is 298 g/mol. The molecule has 2 N–H and O–H groups in total. The third-order valence-electron chi connectivity index (χ3n) is 2.95. The summed E-state index contributed by atoms with van der Waals surface area (Å²) in [6.45, 7) is 6.71. The number of nitrogens with zero attached hydrogens (tertiary/aromatic N) is 1. The highest BCUT2D eigenvalue weighted by Gasteiger charge is 2.12. The van der Waals surface area contributed by atoms with Gasteiger partial charge >= 0.3 is 0 Å². The van der Waals surface area contributed by atoms with Crippen LogP contribution in [-0.2, 0) is 4.79 Å². The summed E-state index contributed by atoms with van der Waals surface area (Å²) in [5.41, 5.74) is 1.53. The first kappa shape index (κ1) is 16.8. The molecule has 0 aromatic heterocycles. The molecule has 1 amide bonds. The highest BCUT2D eigenvalue weighted by atomic mass is 35.5. The van der Waals surface area contributed by atoms with Crippen LogP contribution in [0.1, 0.15) is 32.4 Å². The fourth-order valence-corrected chi connectivity index (χ4v) is 2.10. The van der Waals surface area contributed by atoms with Crippen molar-refractivity contribution in [2.75, 3.05) is 25.0 Å². The van der Waals surface area contributed by atoms with Gasteiger partial charge in [0.15, 0.2) is 0 Å². The van der Waals surface area contributed by atoms with Crippen LogP contribution in [0.5, 0.6) is 0 Å². The third kappa shape index (κ3) is 5.02. The molecule has 0 aliphatic carbocycles. The second-order valence-electron chi connectivity index (χ2n) is 5.44. The highest BCUT2D eigenvalue weighted by Crippen LogP contribution is 2.28. The van der Waals surface area contributed by atoms with Gasteiger partial charge in [-0.3, -0.25) is 4.79 Å². The predicted octanol–water partition coefficient (Wildman–Crippen LogP) is 2.60. The van der Waals surface area contributed by atoms with Crippen molar-refractivity contribution in [1.82, 2.24) is 5.32 Å². The van der Waals surface area contributed by atoms with E-state index in [0.717, 1.165) is 11.3 Å². The molecule has 1 rings (SSSR count). The van der Waals surface area contributed by atoms with Crippen molar-refractivity contribution in [2.24, 2.45) is 5.92 Å². The molecule has 5 heteroatoms. The molecule has 0 fully saturated rings. The summed E-state index contributed by atoms with van der Waals surface area (Å²) in [6.07, 6.45) is -0.554. The summed E-state index contributed by atoms with van der Waals surface area (Å²) in [4.78, 5) is 13.6. The molecule has 4 nitrogen and oxygen atoms in total. The Hall–Kier alpha value is -1.26. The van der Waals surface area contributed by atoms with Gasteiger partial charge in [-0.25, -0.2) is 0 Å². The summed E-state index contributed by atoms with van der Waals surface area (Å²) in [6, 6.07) is 5.36. The normalized spacial score (nSPS) is 12.3. The van der Waals surface area contributed by atoms with Crippen molar-refractivity contribution in [1.29, 1.82) is 0 Å². The number of anilines is 1. The van der Waals surface area contributed by atoms with E-state index >= 15 is 0 Å². The largest absolute Gasteiger partial charge is 0.389 e. The van der Waals surface area contributed by atoms with Crippen LogP contribution in [0.15, 0.2) is 18.2 Å². The molecule has 0 radical (unpaired) electrons. The lowest BCUT2D eigenvalue weighted by Gasteiger charge is -2.21. The molecule has 0 bridgehead atoms. The number of carbonyl (C=O) groups excluding carboxylic acids is 1. The van der Waals surface area contributed by atoms with E-state index in [0.29, 0.717) is 17.5 Å². The first-order chi connectivity index (χ1) is 9.31. The van der Waals surface area contributed by atoms with E-state index in [2.05, 4.69) is 19.2 Å². The molecule has 0 aliphatic rings. The van der Waals surface area contributed by atoms with Crippen molar-refractivity contribution in [3.63, 3.8) is 0 Å². The van der Waals surface area contributed by atoms with E-state index in [9.17, 15) is 9.90 Å². The smallest absolute Gasteiger partial charge is 0.239 e. The summed E-state index contributed by atoms with van der Waals surface area (Å²) in [5.74, 6) is 0.398. The number of hydrogen-bond acceptors (Lipinski definition) is 3. The maximum absolute atomic E-state index is 11.8. The van der Waals surface area contributed by atoms with Gasteiger partial charge in [-0.15, -0.1) is 0 Å². The Morgan fingerprint density at radius 3 is 2.55 bits per heavy atom. The third-order valence-corrected chi connectivity index (χ3v) is 3.26. The molecular formula is C15H23ClN2O2. The number of halogens is 1. The molecule has 20 heavy (non-hydrogen) atoms. The van der Waals surface area contributed by atoms with Crippen molar-refractivity contribution in [3.05, 3.63) is 28.8 Å². The van der Waals surface area contributed by atoms with Gasteiger partial charge < -0.3 is 15.3 Å². The fourth-order valence-electron chi connectivity index (χ4n) is 1.77. The molecule has 1 unspecified atom stereocenters. The van der Waals surface area contributed by atoms with Crippen LogP contribution in [0.25, 0.3) is 0 Å². The van der Waals surface area contributed by atoms with Gasteiger partial charge in [0.25, 0.3) is 0 Å². The Kier molecular flexibility index (Phi) is 6.30. The molecule has 1 aromatic carbocycles. The number of rotatable bonds is 6. The number of carbonyl (C=O) groups is 1. The Morgan fingerprint density at radius 1 is 1.40 bits per heavy atom. The summed E-state index contributed by atoms with van der Waals surface area (Å²) >= 11 is 6.19. The maximum atomic E-state index is 11.8. The molecule has 1 atom stereocenters. The molecule has 112 valence electrons. The minimum atomic E-state index is -0.554. The van der Waals surface area contributed by atoms with Crippen molar-refractivity contribution in [2.45, 2.75) is 26.9 Å². The minimum Gasteiger partial charge on any atom is -0.389 e. The minimum absolute atomic E-state index is 0.0307. The lowest BCUT2D eigenvalue weighted by molar-refractivity contribution is -0.119. The molecule has 0 aliphatic heterocycles. The molecular weight excluding hydrogens is 276 g/mol. The van der Waals surface area contributed by atoms with Crippen LogP contribution in [-0.4, -0.2) is 31.2 Å². The van der Waals surface area contributed by atoms with E-state index in [1.54, 1.807) is 17.9 Å². The average Bonchev–Trinajstić information content (AvgIpc) is 2.35. The quantitative estimate of drug-likeness (QED) is 0.849. The van der Waals surface area contributed by atoms with E-state index in [-0.39, 0.29) is 12.5 Å². The fraction of sp³-hybridized carbons (Fsp3) is 0.533. The Morgan fingerprint density at radius 2 is 2.05 bits per heavy atom. The van der Waals surface area contributed by atoms with E-state index in [1.165, 1.54) is 0 Å². The number of aliphatic hydroxyl groups excluding tert-OH is 1. The van der Waals surface area contributed by atoms with Gasteiger partial charge in [0.1, 0.15) is 0 Å². The summed E-state index contributed by atoms with van der Waals surface area (Å²) in [5, 5.41) is 12.9. The zero-order valence-electron chi connectivity index (χ0n) is 12.5. The first-order valence-corrected chi connectivity index (χ1v) is 7.14. The lowest BCUT2D eigenvalue weighted by Crippen LogP contribution is -2.36. The van der Waals surface area contributed by atoms with E-state index < -0.39 is 6.10 Å². The molecule has 0 saturated carbocycles. The van der Waals surface area contributed by atoms with Crippen LogP contribution in [0, 0.1) is 5.92 Å². The van der Waals surface area contributed by atoms with Gasteiger partial charge in [0.05, 0.1) is 23.4 Å². The van der Waals surface area contributed by atoms with E-state index in [4.69, 9.17) is 11.6 Å². The van der Waals surface area contributed by atoms with Crippen molar-refractivity contribution < 1.29 is 9.90 Å². The van der Waals surface area contributed by atoms with Gasteiger partial charge in [0, 0.05) is 13.6 Å². The SMILES string of the molecule is CC(C)CNC(=O)CN(C)c1ccc(C(C)O)cc1Cl. The number of amides is 1. The van der Waals surface area contributed by atoms with Gasteiger partial charge in [0.2, 0.25) is 5.91 Å². The van der Waals surface area contributed by atoms with Crippen LogP contribution in [0.3, 0.4) is 0 Å². The number of benzene rings is 1. The van der Waals surface area contributed by atoms with Crippen LogP contribution in [0.2, 0.25) is 5.02 Å². The van der Waals surface area contributed by atoms with Crippen molar-refractivity contribution in [3.8, 4) is 0 Å². The highest BCUT2D eigenvalue weighted by molar-refractivity contribution is 6.33. The van der Waals surface area contributed by atoms with Gasteiger partial charge in [-0.1, -0.05) is 31.5 Å². The standard InChI is InChI=1S/C15H23ClN2O2/c1-10(2)8-17-15(20)9-18(4)14-6-5-12(11(3)19)7-13(14)16/h5-7,10-11,19H,8-9H2,1-4H3,(H,17,20). The number of aliphatic hydroxyl groups is 1. The number of likely N-dealkylation sites (N-methyl/N-ethyl adjacent to an activating group) is 1. The van der Waals surface area contributed by atoms with Crippen molar-refractivity contribution >= 4 is 23.2 Å². The van der Waals surface area contributed by atoms with Crippen LogP contribution < -0.4 is 10.2 Å². The Balaban J connectivity index is 2.68. The zero-order valence-corrected chi connectivity index (χ0v) is 13.2. The molecule has 0 heterocycles. The van der Waals surface area contributed by atoms with Crippen LogP contribution >= 0.6 is 11.6 Å². The summed E-state index contributed by atoms with van der Waals surface area (Å²) in [7, 11) is 1.82. The maximum Gasteiger partial charge on any atom is 0.239 e. The molecule has 1 aromatic rings. The average molecular weight is 299 g/mol. The second kappa shape index (κ2) is 7.50. The summed E-state index contributed by atoms with van der Waals surface area (Å²) < 4.78 is 0. The van der Waals surface area contributed by atoms with Gasteiger partial charge in [-0.2, -0.15) is 0 Å². The number of nitrogens with one attached hydrogen (secondary N) is 1. The van der Waals surface area contributed by atoms with Gasteiger partial charge in [-0.05, 0) is 30.5 Å². The molecule has 0 spiro atoms. The number of hydrogen-bond donors (Lipinski definition) is 2. The van der Waals surface area contributed by atoms with E-state index in [1.807, 2.05) is 19.2 Å². The van der Waals surface area contributed by atoms with Crippen LogP contribution in [0.4, 0.5) is 5.69 Å². The Bertz CT molecular complexity index is 461.